The van der Waals surface area contributed by atoms with Crippen molar-refractivity contribution >= 4 is 11.6 Å². The van der Waals surface area contributed by atoms with E-state index >= 15 is 0 Å². The zero-order valence-corrected chi connectivity index (χ0v) is 12.1. The fourth-order valence-corrected chi connectivity index (χ4v) is 2.03. The smallest absolute Gasteiger partial charge is 0.138 e. The molecule has 0 atom stereocenters. The fraction of sp³-hybridized carbons (Fsp3) is 0.250. The molecule has 0 spiro atoms. The first-order chi connectivity index (χ1) is 9.70. The maximum atomic E-state index is 13.8. The molecule has 1 N–H and O–H groups in total. The molecular weight excluding hydrogens is 277 g/mol. The van der Waals surface area contributed by atoms with Crippen LogP contribution in [-0.2, 0) is 13.2 Å². The average Bonchev–Trinajstić information content (AvgIpc) is 2.46. The molecular formula is C16H17ClFNO. The number of para-hydroxylation sites is 1. The van der Waals surface area contributed by atoms with Gasteiger partial charge in [0.15, 0.2) is 0 Å². The molecule has 0 bridgehead atoms. The first kappa shape index (κ1) is 14.8. The van der Waals surface area contributed by atoms with Crippen LogP contribution in [0.3, 0.4) is 0 Å². The fourth-order valence-electron chi connectivity index (χ4n) is 1.84. The Morgan fingerprint density at radius 2 is 2.00 bits per heavy atom. The number of nitrogens with one attached hydrogen (secondary N) is 1. The Hall–Kier alpha value is -1.58. The third kappa shape index (κ3) is 3.95. The SMILES string of the molecule is CCNCc1ccc(F)c(COc2ccccc2Cl)c1. The topological polar surface area (TPSA) is 21.3 Å². The number of ether oxygens (including phenoxy) is 1. The molecule has 0 aliphatic carbocycles. The van der Waals surface area contributed by atoms with Gasteiger partial charge < -0.3 is 10.1 Å². The Bertz CT molecular complexity index is 574. The highest BCUT2D eigenvalue weighted by Gasteiger charge is 2.06. The molecule has 0 heterocycles. The van der Waals surface area contributed by atoms with Crippen LogP contribution in [0.2, 0.25) is 5.02 Å². The molecule has 0 saturated heterocycles. The van der Waals surface area contributed by atoms with Gasteiger partial charge in [-0.1, -0.05) is 36.7 Å². The summed E-state index contributed by atoms with van der Waals surface area (Å²) in [7, 11) is 0. The number of benzene rings is 2. The first-order valence-corrected chi connectivity index (χ1v) is 6.94. The van der Waals surface area contributed by atoms with Crippen molar-refractivity contribution in [2.24, 2.45) is 0 Å². The van der Waals surface area contributed by atoms with Gasteiger partial charge in [-0.25, -0.2) is 4.39 Å². The van der Waals surface area contributed by atoms with Gasteiger partial charge in [0, 0.05) is 12.1 Å². The van der Waals surface area contributed by atoms with Gasteiger partial charge in [-0.15, -0.1) is 0 Å². The van der Waals surface area contributed by atoms with Crippen molar-refractivity contribution < 1.29 is 9.13 Å². The predicted molar refractivity (Wildman–Crippen MR) is 79.6 cm³/mol. The van der Waals surface area contributed by atoms with E-state index in [1.54, 1.807) is 18.2 Å². The molecule has 0 amide bonds. The second kappa shape index (κ2) is 7.27. The van der Waals surface area contributed by atoms with Crippen LogP contribution in [0.15, 0.2) is 42.5 Å². The Labute approximate surface area is 123 Å². The average molecular weight is 294 g/mol. The molecule has 4 heteroatoms. The highest BCUT2D eigenvalue weighted by atomic mass is 35.5. The number of rotatable bonds is 6. The second-order valence-electron chi connectivity index (χ2n) is 4.43. The molecule has 2 aromatic rings. The van der Waals surface area contributed by atoms with E-state index in [1.165, 1.54) is 6.07 Å². The van der Waals surface area contributed by atoms with Crippen molar-refractivity contribution in [3.63, 3.8) is 0 Å². The summed E-state index contributed by atoms with van der Waals surface area (Å²) in [5.74, 6) is 0.294. The molecule has 2 nitrogen and oxygen atoms in total. The van der Waals surface area contributed by atoms with Crippen LogP contribution in [0.1, 0.15) is 18.1 Å². The number of hydrogen-bond acceptors (Lipinski definition) is 2. The highest BCUT2D eigenvalue weighted by Crippen LogP contribution is 2.24. The van der Waals surface area contributed by atoms with E-state index in [2.05, 4.69) is 5.32 Å². The Kier molecular flexibility index (Phi) is 5.39. The highest BCUT2D eigenvalue weighted by molar-refractivity contribution is 6.32. The second-order valence-corrected chi connectivity index (χ2v) is 4.83. The standard InChI is InChI=1S/C16H17ClFNO/c1-2-19-10-12-7-8-15(18)13(9-12)11-20-16-6-4-3-5-14(16)17/h3-9,19H,2,10-11H2,1H3. The van der Waals surface area contributed by atoms with Crippen LogP contribution in [0, 0.1) is 5.82 Å². The van der Waals surface area contributed by atoms with Crippen LogP contribution in [0.5, 0.6) is 5.75 Å². The van der Waals surface area contributed by atoms with Gasteiger partial charge in [0.2, 0.25) is 0 Å². The molecule has 2 aromatic carbocycles. The molecule has 20 heavy (non-hydrogen) atoms. The van der Waals surface area contributed by atoms with E-state index < -0.39 is 0 Å². The number of halogens is 2. The maximum absolute atomic E-state index is 13.8. The maximum Gasteiger partial charge on any atom is 0.138 e. The van der Waals surface area contributed by atoms with Crippen LogP contribution in [0.25, 0.3) is 0 Å². The van der Waals surface area contributed by atoms with Gasteiger partial charge in [0.25, 0.3) is 0 Å². The van der Waals surface area contributed by atoms with E-state index in [1.807, 2.05) is 25.1 Å². The number of hydrogen-bond donors (Lipinski definition) is 1. The van der Waals surface area contributed by atoms with Gasteiger partial charge >= 0.3 is 0 Å². The minimum absolute atomic E-state index is 0.162. The molecule has 0 aliphatic heterocycles. The van der Waals surface area contributed by atoms with Gasteiger partial charge in [0.1, 0.15) is 18.2 Å². The lowest BCUT2D eigenvalue weighted by Gasteiger charge is -2.10. The van der Waals surface area contributed by atoms with Gasteiger partial charge in [-0.3, -0.25) is 0 Å². The van der Waals surface area contributed by atoms with E-state index in [0.29, 0.717) is 16.3 Å². The van der Waals surface area contributed by atoms with E-state index in [0.717, 1.165) is 18.7 Å². The molecule has 0 radical (unpaired) electrons. The van der Waals surface area contributed by atoms with Gasteiger partial charge in [-0.05, 0) is 36.4 Å². The quantitative estimate of drug-likeness (QED) is 0.863. The zero-order valence-electron chi connectivity index (χ0n) is 11.3. The summed E-state index contributed by atoms with van der Waals surface area (Å²) in [5, 5.41) is 3.73. The molecule has 106 valence electrons. The summed E-state index contributed by atoms with van der Waals surface area (Å²) in [6.45, 7) is 3.79. The Morgan fingerprint density at radius 3 is 2.75 bits per heavy atom. The normalized spacial score (nSPS) is 10.6. The van der Waals surface area contributed by atoms with Crippen molar-refractivity contribution in [1.82, 2.24) is 5.32 Å². The summed E-state index contributed by atoms with van der Waals surface area (Å²) in [5.41, 5.74) is 1.56. The van der Waals surface area contributed by atoms with Crippen molar-refractivity contribution in [3.8, 4) is 5.75 Å². The molecule has 0 fully saturated rings. The summed E-state index contributed by atoms with van der Waals surface area (Å²) in [6, 6.07) is 12.2. The summed E-state index contributed by atoms with van der Waals surface area (Å²) in [4.78, 5) is 0. The minimum Gasteiger partial charge on any atom is -0.487 e. The van der Waals surface area contributed by atoms with Crippen LogP contribution < -0.4 is 10.1 Å². The van der Waals surface area contributed by atoms with E-state index in [4.69, 9.17) is 16.3 Å². The van der Waals surface area contributed by atoms with Crippen molar-refractivity contribution in [2.75, 3.05) is 6.54 Å². The molecule has 2 rings (SSSR count). The predicted octanol–water partition coefficient (Wildman–Crippen LogP) is 4.17. The van der Waals surface area contributed by atoms with Gasteiger partial charge in [-0.2, -0.15) is 0 Å². The van der Waals surface area contributed by atoms with Crippen molar-refractivity contribution in [1.29, 1.82) is 0 Å². The van der Waals surface area contributed by atoms with E-state index in [-0.39, 0.29) is 12.4 Å². The lowest BCUT2D eigenvalue weighted by Crippen LogP contribution is -2.12. The third-order valence-electron chi connectivity index (χ3n) is 2.91. The van der Waals surface area contributed by atoms with Crippen molar-refractivity contribution in [2.45, 2.75) is 20.1 Å². The Morgan fingerprint density at radius 1 is 1.20 bits per heavy atom. The van der Waals surface area contributed by atoms with Crippen LogP contribution >= 0.6 is 11.6 Å². The summed E-state index contributed by atoms with van der Waals surface area (Å²) in [6.07, 6.45) is 0. The largest absolute Gasteiger partial charge is 0.487 e. The Balaban J connectivity index is 2.07. The monoisotopic (exact) mass is 293 g/mol. The third-order valence-corrected chi connectivity index (χ3v) is 3.22. The lowest BCUT2D eigenvalue weighted by atomic mass is 10.1. The van der Waals surface area contributed by atoms with Gasteiger partial charge in [0.05, 0.1) is 5.02 Å². The minimum atomic E-state index is -0.266. The molecule has 0 aliphatic rings. The molecule has 0 saturated carbocycles. The van der Waals surface area contributed by atoms with Crippen LogP contribution in [0.4, 0.5) is 4.39 Å². The first-order valence-electron chi connectivity index (χ1n) is 6.56. The zero-order chi connectivity index (χ0) is 14.4. The molecule has 0 aromatic heterocycles. The molecule has 0 unspecified atom stereocenters. The van der Waals surface area contributed by atoms with Crippen molar-refractivity contribution in [3.05, 3.63) is 64.4 Å². The summed E-state index contributed by atoms with van der Waals surface area (Å²) >= 11 is 6.00. The van der Waals surface area contributed by atoms with Crippen LogP contribution in [-0.4, -0.2) is 6.54 Å². The van der Waals surface area contributed by atoms with E-state index in [9.17, 15) is 4.39 Å². The lowest BCUT2D eigenvalue weighted by molar-refractivity contribution is 0.300. The summed E-state index contributed by atoms with van der Waals surface area (Å²) < 4.78 is 19.3.